The van der Waals surface area contributed by atoms with Crippen LogP contribution in [-0.2, 0) is 4.74 Å². The Bertz CT molecular complexity index is 471. The topological polar surface area (TPSA) is 54.8 Å². The molecule has 0 fully saturated rings. The lowest BCUT2D eigenvalue weighted by atomic mass is 10.3. The highest BCUT2D eigenvalue weighted by Crippen LogP contribution is 2.39. The van der Waals surface area contributed by atoms with Crippen LogP contribution in [0.3, 0.4) is 0 Å². The van der Waals surface area contributed by atoms with Crippen molar-refractivity contribution in [3.63, 3.8) is 0 Å². The third-order valence-corrected chi connectivity index (χ3v) is 4.65. The Morgan fingerprint density at radius 3 is 2.57 bits per heavy atom. The first kappa shape index (κ1) is 20.7. The van der Waals surface area contributed by atoms with E-state index in [1.807, 2.05) is 6.92 Å². The average molecular weight is 454 g/mol. The third-order valence-electron chi connectivity index (χ3n) is 3.36. The van der Waals surface area contributed by atoms with Crippen molar-refractivity contribution in [1.29, 1.82) is 0 Å². The van der Waals surface area contributed by atoms with E-state index < -0.39 is 0 Å². The molecule has 0 amide bonds. The molecule has 1 atom stereocenters. The van der Waals surface area contributed by atoms with Crippen LogP contribution in [0.15, 0.2) is 15.1 Å². The molecule has 1 N–H and O–H groups in total. The van der Waals surface area contributed by atoms with Crippen molar-refractivity contribution in [2.45, 2.75) is 39.7 Å². The molecule has 23 heavy (non-hydrogen) atoms. The van der Waals surface area contributed by atoms with Crippen molar-refractivity contribution in [3.8, 4) is 5.88 Å². The minimum absolute atomic E-state index is 0.0985. The van der Waals surface area contributed by atoms with Crippen molar-refractivity contribution in [2.24, 2.45) is 0 Å². The number of unbranched alkanes of at least 4 members (excludes halogenated alkanes) is 1. The Balaban J connectivity index is 2.68. The summed E-state index contributed by atoms with van der Waals surface area (Å²) in [5, 5.41) is 8.73. The van der Waals surface area contributed by atoms with E-state index in [4.69, 9.17) is 14.6 Å². The van der Waals surface area contributed by atoms with Crippen LogP contribution in [0.4, 0.5) is 5.69 Å². The number of halogens is 2. The maximum Gasteiger partial charge on any atom is 0.230 e. The number of hydrogen-bond acceptors (Lipinski definition) is 5. The summed E-state index contributed by atoms with van der Waals surface area (Å²) in [6.07, 6.45) is 3.29. The van der Waals surface area contributed by atoms with Crippen LogP contribution in [0.5, 0.6) is 5.88 Å². The number of aliphatic hydroxyl groups is 1. The van der Waals surface area contributed by atoms with Crippen molar-refractivity contribution >= 4 is 37.5 Å². The smallest absolute Gasteiger partial charge is 0.230 e. The van der Waals surface area contributed by atoms with E-state index in [9.17, 15) is 0 Å². The monoisotopic (exact) mass is 452 g/mol. The maximum absolute atomic E-state index is 8.73. The van der Waals surface area contributed by atoms with Gasteiger partial charge in [-0.25, -0.2) is 4.98 Å². The lowest BCUT2D eigenvalue weighted by Crippen LogP contribution is -2.24. The molecule has 0 radical (unpaired) electrons. The van der Waals surface area contributed by atoms with Crippen LogP contribution >= 0.6 is 31.9 Å². The lowest BCUT2D eigenvalue weighted by molar-refractivity contribution is 0.0527. The van der Waals surface area contributed by atoms with Gasteiger partial charge in [0.25, 0.3) is 0 Å². The van der Waals surface area contributed by atoms with E-state index in [2.05, 4.69) is 55.6 Å². The summed E-state index contributed by atoms with van der Waals surface area (Å²) in [5.41, 5.74) is 1.05. The zero-order valence-corrected chi connectivity index (χ0v) is 17.2. The second-order valence-corrected chi connectivity index (χ2v) is 6.83. The summed E-state index contributed by atoms with van der Waals surface area (Å²) < 4.78 is 13.2. The van der Waals surface area contributed by atoms with Gasteiger partial charge in [0.05, 0.1) is 16.8 Å². The van der Waals surface area contributed by atoms with E-state index in [-0.39, 0.29) is 12.7 Å². The zero-order chi connectivity index (χ0) is 17.2. The van der Waals surface area contributed by atoms with E-state index in [1.54, 1.807) is 6.20 Å². The highest BCUT2D eigenvalue weighted by atomic mass is 79.9. The molecule has 1 rings (SSSR count). The second-order valence-electron chi connectivity index (χ2n) is 5.18. The Morgan fingerprint density at radius 1 is 1.26 bits per heavy atom. The summed E-state index contributed by atoms with van der Waals surface area (Å²) in [6, 6.07) is 0. The SMILES string of the molecule is CCN(CC)c1c(Br)cnc(OC(C)COCCCCO)c1Br. The molecule has 5 nitrogen and oxygen atoms in total. The standard InChI is InChI=1S/C16H26Br2N2O3/c1-4-20(5-2)15-13(17)10-19-16(14(15)18)23-12(3)11-22-9-7-6-8-21/h10,12,21H,4-9,11H2,1-3H3. The number of ether oxygens (including phenoxy) is 2. The van der Waals surface area contributed by atoms with E-state index in [0.717, 1.165) is 40.6 Å². The normalized spacial score (nSPS) is 12.3. The molecular weight excluding hydrogens is 428 g/mol. The van der Waals surface area contributed by atoms with Crippen LogP contribution in [0.25, 0.3) is 0 Å². The van der Waals surface area contributed by atoms with Crippen LogP contribution < -0.4 is 9.64 Å². The number of rotatable bonds is 11. The number of hydrogen-bond donors (Lipinski definition) is 1. The Kier molecular flexibility index (Phi) is 10.1. The Labute approximate surface area is 155 Å². The molecule has 0 aliphatic heterocycles. The van der Waals surface area contributed by atoms with Gasteiger partial charge in [0, 0.05) is 32.5 Å². The summed E-state index contributed by atoms with van der Waals surface area (Å²) in [7, 11) is 0. The number of aliphatic hydroxyl groups excluding tert-OH is 1. The molecule has 0 aromatic carbocycles. The molecule has 0 spiro atoms. The van der Waals surface area contributed by atoms with Crippen molar-refractivity contribution < 1.29 is 14.6 Å². The molecule has 132 valence electrons. The first-order valence-electron chi connectivity index (χ1n) is 7.99. The summed E-state index contributed by atoms with van der Waals surface area (Å²) in [4.78, 5) is 6.59. The highest BCUT2D eigenvalue weighted by molar-refractivity contribution is 9.11. The molecule has 0 bridgehead atoms. The van der Waals surface area contributed by atoms with Crippen molar-refractivity contribution in [1.82, 2.24) is 4.98 Å². The molecule has 0 saturated carbocycles. The molecule has 0 saturated heterocycles. The molecular formula is C16H26Br2N2O3. The van der Waals surface area contributed by atoms with Gasteiger partial charge in [0.15, 0.2) is 0 Å². The van der Waals surface area contributed by atoms with Gasteiger partial charge in [0.2, 0.25) is 5.88 Å². The number of nitrogens with zero attached hydrogens (tertiary/aromatic N) is 2. The molecule has 1 aromatic heterocycles. The first-order chi connectivity index (χ1) is 11.0. The van der Waals surface area contributed by atoms with Gasteiger partial charge in [-0.3, -0.25) is 0 Å². The lowest BCUT2D eigenvalue weighted by Gasteiger charge is -2.25. The average Bonchev–Trinajstić information content (AvgIpc) is 2.54. The summed E-state index contributed by atoms with van der Waals surface area (Å²) in [5.74, 6) is 0.571. The Morgan fingerprint density at radius 2 is 1.96 bits per heavy atom. The fraction of sp³-hybridized carbons (Fsp3) is 0.688. The van der Waals surface area contributed by atoms with Gasteiger partial charge >= 0.3 is 0 Å². The second kappa shape index (κ2) is 11.2. The van der Waals surface area contributed by atoms with Gasteiger partial charge in [0.1, 0.15) is 10.6 Å². The first-order valence-corrected chi connectivity index (χ1v) is 9.57. The maximum atomic E-state index is 8.73. The molecule has 1 heterocycles. The largest absolute Gasteiger partial charge is 0.471 e. The molecule has 7 heteroatoms. The van der Waals surface area contributed by atoms with Gasteiger partial charge in [-0.05, 0) is 65.5 Å². The molecule has 0 aliphatic carbocycles. The van der Waals surface area contributed by atoms with Gasteiger partial charge < -0.3 is 19.5 Å². The highest BCUT2D eigenvalue weighted by Gasteiger charge is 2.18. The molecule has 0 aliphatic rings. The fourth-order valence-corrected chi connectivity index (χ4v) is 3.62. The van der Waals surface area contributed by atoms with E-state index >= 15 is 0 Å². The number of pyridine rings is 1. The van der Waals surface area contributed by atoms with Gasteiger partial charge in [-0.2, -0.15) is 0 Å². The predicted molar refractivity (Wildman–Crippen MR) is 100 cm³/mol. The number of anilines is 1. The van der Waals surface area contributed by atoms with Crippen LogP contribution in [0.2, 0.25) is 0 Å². The van der Waals surface area contributed by atoms with Gasteiger partial charge in [-0.1, -0.05) is 0 Å². The predicted octanol–water partition coefficient (Wildman–Crippen LogP) is 4.01. The molecule has 1 unspecified atom stereocenters. The van der Waals surface area contributed by atoms with Crippen molar-refractivity contribution in [3.05, 3.63) is 15.1 Å². The fourth-order valence-electron chi connectivity index (χ4n) is 2.14. The zero-order valence-electron chi connectivity index (χ0n) is 14.0. The quantitative estimate of drug-likeness (QED) is 0.513. The number of aromatic nitrogens is 1. The van der Waals surface area contributed by atoms with E-state index in [0.29, 0.717) is 19.1 Å². The van der Waals surface area contributed by atoms with Crippen LogP contribution in [0, 0.1) is 0 Å². The van der Waals surface area contributed by atoms with Crippen LogP contribution in [0.1, 0.15) is 33.6 Å². The summed E-state index contributed by atoms with van der Waals surface area (Å²) in [6.45, 7) is 9.34. The minimum Gasteiger partial charge on any atom is -0.471 e. The van der Waals surface area contributed by atoms with E-state index in [1.165, 1.54) is 0 Å². The molecule has 1 aromatic rings. The van der Waals surface area contributed by atoms with Crippen molar-refractivity contribution in [2.75, 3.05) is 37.8 Å². The third kappa shape index (κ3) is 6.57. The van der Waals surface area contributed by atoms with Gasteiger partial charge in [-0.15, -0.1) is 0 Å². The minimum atomic E-state index is -0.0985. The summed E-state index contributed by atoms with van der Waals surface area (Å²) >= 11 is 7.18. The Hall–Kier alpha value is -0.370. The van der Waals surface area contributed by atoms with Crippen LogP contribution in [-0.4, -0.2) is 49.1 Å².